The first kappa shape index (κ1) is 18.6. The van der Waals surface area contributed by atoms with Crippen LogP contribution in [0.25, 0.3) is 0 Å². The molecule has 0 saturated heterocycles. The van der Waals surface area contributed by atoms with Gasteiger partial charge in [0, 0.05) is 17.7 Å². The van der Waals surface area contributed by atoms with Gasteiger partial charge in [-0.3, -0.25) is 14.9 Å². The van der Waals surface area contributed by atoms with Gasteiger partial charge >= 0.3 is 5.69 Å². The molecular formula is C22H24N2O4S. The topological polar surface area (TPSA) is 81.5 Å². The van der Waals surface area contributed by atoms with Crippen LogP contribution in [0.15, 0.2) is 35.7 Å². The van der Waals surface area contributed by atoms with Gasteiger partial charge in [0.25, 0.3) is 5.91 Å². The number of carbonyl (C=O) groups excluding carboxylic acids is 1. The molecule has 29 heavy (non-hydrogen) atoms. The fourth-order valence-electron chi connectivity index (χ4n) is 5.84. The number of amides is 1. The van der Waals surface area contributed by atoms with Gasteiger partial charge in [0.15, 0.2) is 5.75 Å². The molecule has 4 bridgehead atoms. The van der Waals surface area contributed by atoms with Crippen molar-refractivity contribution in [1.82, 2.24) is 5.32 Å². The second-order valence-electron chi connectivity index (χ2n) is 8.76. The van der Waals surface area contributed by atoms with Crippen molar-refractivity contribution in [2.75, 3.05) is 0 Å². The van der Waals surface area contributed by atoms with Crippen molar-refractivity contribution in [3.05, 3.63) is 56.3 Å². The Labute approximate surface area is 173 Å². The van der Waals surface area contributed by atoms with Crippen molar-refractivity contribution in [2.45, 2.75) is 44.8 Å². The highest BCUT2D eigenvalue weighted by molar-refractivity contribution is 7.12. The van der Waals surface area contributed by atoms with Crippen LogP contribution in [0.3, 0.4) is 0 Å². The first-order valence-electron chi connectivity index (χ1n) is 10.3. The molecule has 0 atom stereocenters. The highest BCUT2D eigenvalue weighted by atomic mass is 32.1. The molecular weight excluding hydrogens is 388 g/mol. The lowest BCUT2D eigenvalue weighted by atomic mass is 9.54. The minimum Gasteiger partial charge on any atom is -0.482 e. The molecule has 0 radical (unpaired) electrons. The molecule has 6 rings (SSSR count). The number of rotatable bonds is 6. The number of nitro benzene ring substituents is 1. The lowest BCUT2D eigenvalue weighted by Gasteiger charge is -2.54. The first-order valence-corrected chi connectivity index (χ1v) is 11.2. The number of para-hydroxylation sites is 2. The predicted molar refractivity (Wildman–Crippen MR) is 110 cm³/mol. The van der Waals surface area contributed by atoms with Crippen molar-refractivity contribution in [3.63, 3.8) is 0 Å². The molecule has 7 heteroatoms. The standard InChI is InChI=1S/C22H24N2O4S/c25-22(23-21-16-6-13-5-14(8-16)9-17(21)7-13)20-10-15(12-29-20)11-28-19-4-2-1-3-18(19)24(26)27/h1-4,10,12-14,16-17,21H,5-9,11H2,(H,23,25). The molecule has 0 aliphatic heterocycles. The van der Waals surface area contributed by atoms with Gasteiger partial charge in [-0.1, -0.05) is 12.1 Å². The number of benzene rings is 1. The normalized spacial score (nSPS) is 29.6. The zero-order chi connectivity index (χ0) is 20.0. The molecule has 4 fully saturated rings. The fraction of sp³-hybridized carbons (Fsp3) is 0.500. The highest BCUT2D eigenvalue weighted by Gasteiger charge is 2.48. The number of nitrogens with zero attached hydrogens (tertiary/aromatic N) is 1. The van der Waals surface area contributed by atoms with E-state index < -0.39 is 4.92 Å². The van der Waals surface area contributed by atoms with Gasteiger partial charge in [-0.2, -0.15) is 0 Å². The van der Waals surface area contributed by atoms with Crippen LogP contribution in [0.5, 0.6) is 5.75 Å². The van der Waals surface area contributed by atoms with Crippen LogP contribution in [0.1, 0.15) is 47.3 Å². The number of hydrogen-bond donors (Lipinski definition) is 1. The van der Waals surface area contributed by atoms with E-state index in [-0.39, 0.29) is 24.0 Å². The third-order valence-electron chi connectivity index (χ3n) is 6.86. The average Bonchev–Trinajstić information content (AvgIpc) is 3.18. The summed E-state index contributed by atoms with van der Waals surface area (Å²) in [5.41, 5.74) is 0.797. The number of thiophene rings is 1. The van der Waals surface area contributed by atoms with Crippen LogP contribution >= 0.6 is 11.3 Å². The van der Waals surface area contributed by atoms with E-state index in [1.807, 2.05) is 11.4 Å². The molecule has 4 aliphatic rings. The van der Waals surface area contributed by atoms with Gasteiger partial charge in [-0.05, 0) is 73.3 Å². The molecule has 6 nitrogen and oxygen atoms in total. The summed E-state index contributed by atoms with van der Waals surface area (Å²) in [5, 5.41) is 16.3. The summed E-state index contributed by atoms with van der Waals surface area (Å²) in [6, 6.07) is 8.49. The third kappa shape index (κ3) is 3.64. The molecule has 4 saturated carbocycles. The van der Waals surface area contributed by atoms with Gasteiger partial charge in [0.05, 0.1) is 9.80 Å². The third-order valence-corrected chi connectivity index (χ3v) is 7.84. The van der Waals surface area contributed by atoms with Crippen LogP contribution in [0.2, 0.25) is 0 Å². The molecule has 0 unspecified atom stereocenters. The highest BCUT2D eigenvalue weighted by Crippen LogP contribution is 2.53. The summed E-state index contributed by atoms with van der Waals surface area (Å²) in [6.07, 6.45) is 6.50. The Morgan fingerprint density at radius 2 is 1.83 bits per heavy atom. The summed E-state index contributed by atoms with van der Waals surface area (Å²) in [6.45, 7) is 0.201. The van der Waals surface area contributed by atoms with Gasteiger partial charge in [0.1, 0.15) is 6.61 Å². The summed E-state index contributed by atoms with van der Waals surface area (Å²) in [4.78, 5) is 24.2. The summed E-state index contributed by atoms with van der Waals surface area (Å²) < 4.78 is 5.64. The average molecular weight is 413 g/mol. The van der Waals surface area contributed by atoms with Crippen molar-refractivity contribution < 1.29 is 14.5 Å². The van der Waals surface area contributed by atoms with E-state index in [1.165, 1.54) is 49.5 Å². The Kier molecular flexibility index (Phi) is 4.78. The molecule has 1 aromatic carbocycles. The molecule has 1 amide bonds. The smallest absolute Gasteiger partial charge is 0.310 e. The molecule has 1 heterocycles. The molecule has 1 N–H and O–H groups in total. The van der Waals surface area contributed by atoms with E-state index in [2.05, 4.69) is 5.32 Å². The second kappa shape index (κ2) is 7.44. The molecule has 2 aromatic rings. The Hall–Kier alpha value is -2.41. The fourth-order valence-corrected chi connectivity index (χ4v) is 6.64. The van der Waals surface area contributed by atoms with Gasteiger partial charge in [-0.25, -0.2) is 0 Å². The zero-order valence-corrected chi connectivity index (χ0v) is 16.9. The number of carbonyl (C=O) groups is 1. The number of nitrogens with one attached hydrogen (secondary N) is 1. The van der Waals surface area contributed by atoms with Crippen LogP contribution < -0.4 is 10.1 Å². The van der Waals surface area contributed by atoms with Crippen LogP contribution in [0, 0.1) is 33.8 Å². The van der Waals surface area contributed by atoms with Crippen molar-refractivity contribution >= 4 is 22.9 Å². The molecule has 4 aliphatic carbocycles. The predicted octanol–water partition coefficient (Wildman–Crippen LogP) is 4.79. The summed E-state index contributed by atoms with van der Waals surface area (Å²) >= 11 is 1.40. The zero-order valence-electron chi connectivity index (χ0n) is 16.1. The van der Waals surface area contributed by atoms with E-state index in [1.54, 1.807) is 18.2 Å². The Balaban J connectivity index is 1.21. The molecule has 1 aromatic heterocycles. The van der Waals surface area contributed by atoms with Gasteiger partial charge in [-0.15, -0.1) is 11.3 Å². The second-order valence-corrected chi connectivity index (χ2v) is 9.67. The maximum atomic E-state index is 12.8. The Morgan fingerprint density at radius 3 is 2.52 bits per heavy atom. The van der Waals surface area contributed by atoms with Gasteiger partial charge < -0.3 is 10.1 Å². The molecule has 0 spiro atoms. The quantitative estimate of drug-likeness (QED) is 0.546. The first-order chi connectivity index (χ1) is 14.1. The number of ether oxygens (including phenoxy) is 1. The van der Waals surface area contributed by atoms with Crippen molar-refractivity contribution in [2.24, 2.45) is 23.7 Å². The Bertz CT molecular complexity index is 912. The lowest BCUT2D eigenvalue weighted by Crippen LogP contribution is -2.55. The Morgan fingerprint density at radius 1 is 1.14 bits per heavy atom. The van der Waals surface area contributed by atoms with Crippen LogP contribution in [0.4, 0.5) is 5.69 Å². The monoisotopic (exact) mass is 412 g/mol. The number of hydrogen-bond acceptors (Lipinski definition) is 5. The maximum Gasteiger partial charge on any atom is 0.310 e. The van der Waals surface area contributed by atoms with Crippen LogP contribution in [-0.4, -0.2) is 16.9 Å². The summed E-state index contributed by atoms with van der Waals surface area (Å²) in [7, 11) is 0. The van der Waals surface area contributed by atoms with Crippen molar-refractivity contribution in [1.29, 1.82) is 0 Å². The van der Waals surface area contributed by atoms with E-state index in [0.717, 1.165) is 17.4 Å². The van der Waals surface area contributed by atoms with Gasteiger partial charge in [0.2, 0.25) is 0 Å². The van der Waals surface area contributed by atoms with E-state index in [4.69, 9.17) is 4.74 Å². The largest absolute Gasteiger partial charge is 0.482 e. The number of nitro groups is 1. The van der Waals surface area contributed by atoms with E-state index >= 15 is 0 Å². The minimum absolute atomic E-state index is 0.00409. The maximum absolute atomic E-state index is 12.8. The van der Waals surface area contributed by atoms with E-state index in [9.17, 15) is 14.9 Å². The molecule has 152 valence electrons. The van der Waals surface area contributed by atoms with E-state index in [0.29, 0.717) is 22.8 Å². The van der Waals surface area contributed by atoms with Crippen LogP contribution in [-0.2, 0) is 6.61 Å². The van der Waals surface area contributed by atoms with Crippen molar-refractivity contribution in [3.8, 4) is 5.75 Å². The minimum atomic E-state index is -0.452. The summed E-state index contributed by atoms with van der Waals surface area (Å²) in [5.74, 6) is 3.32. The SMILES string of the molecule is O=C(NC1C2CC3CC(C2)CC1C3)c1cc(COc2ccccc2[N+](=O)[O-])cs1. The lowest BCUT2D eigenvalue weighted by molar-refractivity contribution is -0.385.